The van der Waals surface area contributed by atoms with E-state index >= 15 is 0 Å². The van der Waals surface area contributed by atoms with Crippen molar-refractivity contribution in [3.8, 4) is 0 Å². The van der Waals surface area contributed by atoms with E-state index in [0.29, 0.717) is 37.8 Å². The van der Waals surface area contributed by atoms with Crippen LogP contribution in [0.4, 0.5) is 0 Å². The zero-order chi connectivity index (χ0) is 21.4. The number of likely N-dealkylation sites (N-methyl/N-ethyl adjacent to an activating group) is 2. The molecule has 0 aliphatic carbocycles. The highest BCUT2D eigenvalue weighted by atomic mass is 16.2. The molecule has 0 unspecified atom stereocenters. The summed E-state index contributed by atoms with van der Waals surface area (Å²) in [5.74, 6) is 1.17. The van der Waals surface area contributed by atoms with Gasteiger partial charge in [-0.15, -0.1) is 0 Å². The van der Waals surface area contributed by atoms with Crippen molar-refractivity contribution in [2.75, 3.05) is 39.3 Å². The first kappa shape index (κ1) is 21.4. The summed E-state index contributed by atoms with van der Waals surface area (Å²) in [6.45, 7) is 8.17. The third-order valence-corrected chi connectivity index (χ3v) is 7.77. The number of carbonyl (C=O) groups excluding carboxylic acids is 4. The number of rotatable bonds is 5. The van der Waals surface area contributed by atoms with Gasteiger partial charge in [-0.2, -0.15) is 0 Å². The van der Waals surface area contributed by atoms with Crippen LogP contribution in [0.2, 0.25) is 0 Å². The lowest BCUT2D eigenvalue weighted by atomic mass is 9.78. The SMILES string of the molecule is CCN1C(=O)C[C@@H](N2CCC(C3CCN([C@H]4CC(=O)N(CC)C4=O)CC3)CC2)C1=O. The van der Waals surface area contributed by atoms with E-state index in [1.165, 1.54) is 9.80 Å². The molecule has 4 saturated heterocycles. The van der Waals surface area contributed by atoms with Crippen LogP contribution in [0.5, 0.6) is 0 Å². The van der Waals surface area contributed by atoms with Gasteiger partial charge in [-0.25, -0.2) is 0 Å². The predicted molar refractivity (Wildman–Crippen MR) is 110 cm³/mol. The Morgan fingerprint density at radius 3 is 1.23 bits per heavy atom. The zero-order valence-corrected chi connectivity index (χ0v) is 18.2. The van der Waals surface area contributed by atoms with Crippen LogP contribution in [-0.4, -0.2) is 94.6 Å². The van der Waals surface area contributed by atoms with Gasteiger partial charge in [0.15, 0.2) is 0 Å². The Labute approximate surface area is 178 Å². The van der Waals surface area contributed by atoms with Crippen molar-refractivity contribution in [1.82, 2.24) is 19.6 Å². The Balaban J connectivity index is 1.25. The molecular weight excluding hydrogens is 384 g/mol. The van der Waals surface area contributed by atoms with E-state index in [2.05, 4.69) is 9.80 Å². The molecule has 4 fully saturated rings. The van der Waals surface area contributed by atoms with Gasteiger partial charge >= 0.3 is 0 Å². The highest BCUT2D eigenvalue weighted by Crippen LogP contribution is 2.35. The smallest absolute Gasteiger partial charge is 0.247 e. The number of amides is 4. The predicted octanol–water partition coefficient (Wildman–Crippen LogP) is 0.705. The number of piperidine rings is 2. The molecule has 166 valence electrons. The van der Waals surface area contributed by atoms with E-state index < -0.39 is 0 Å². The molecule has 8 nitrogen and oxygen atoms in total. The Morgan fingerprint density at radius 2 is 0.967 bits per heavy atom. The lowest BCUT2D eigenvalue weighted by Gasteiger charge is -2.42. The van der Waals surface area contributed by atoms with E-state index in [9.17, 15) is 19.2 Å². The summed E-state index contributed by atoms with van der Waals surface area (Å²) in [7, 11) is 0. The van der Waals surface area contributed by atoms with Gasteiger partial charge in [-0.1, -0.05) is 0 Å². The molecule has 0 saturated carbocycles. The molecule has 0 aromatic heterocycles. The summed E-state index contributed by atoms with van der Waals surface area (Å²) in [6.07, 6.45) is 4.94. The van der Waals surface area contributed by atoms with Crippen molar-refractivity contribution < 1.29 is 19.2 Å². The number of likely N-dealkylation sites (tertiary alicyclic amines) is 4. The maximum atomic E-state index is 12.5. The van der Waals surface area contributed by atoms with E-state index in [1.807, 2.05) is 13.8 Å². The summed E-state index contributed by atoms with van der Waals surface area (Å²) < 4.78 is 0. The first-order chi connectivity index (χ1) is 14.4. The first-order valence-corrected chi connectivity index (χ1v) is 11.6. The van der Waals surface area contributed by atoms with Crippen LogP contribution in [-0.2, 0) is 19.2 Å². The van der Waals surface area contributed by atoms with Gasteiger partial charge < -0.3 is 0 Å². The average Bonchev–Trinajstić information content (AvgIpc) is 3.22. The van der Waals surface area contributed by atoms with Gasteiger partial charge in [-0.05, 0) is 77.5 Å². The third kappa shape index (κ3) is 3.80. The van der Waals surface area contributed by atoms with Crippen LogP contribution in [0.15, 0.2) is 0 Å². The van der Waals surface area contributed by atoms with Crippen molar-refractivity contribution in [1.29, 1.82) is 0 Å². The van der Waals surface area contributed by atoms with Crippen molar-refractivity contribution in [2.45, 2.75) is 64.5 Å². The highest BCUT2D eigenvalue weighted by Gasteiger charge is 2.44. The number of hydrogen-bond donors (Lipinski definition) is 0. The summed E-state index contributed by atoms with van der Waals surface area (Å²) >= 11 is 0. The molecule has 4 aliphatic rings. The molecule has 0 bridgehead atoms. The fourth-order valence-corrected chi connectivity index (χ4v) is 5.97. The third-order valence-electron chi connectivity index (χ3n) is 7.77. The molecule has 0 aromatic rings. The fraction of sp³-hybridized carbons (Fsp3) is 0.818. The Kier molecular flexibility index (Phi) is 6.25. The number of nitrogens with zero attached hydrogens (tertiary/aromatic N) is 4. The fourth-order valence-electron chi connectivity index (χ4n) is 5.97. The summed E-state index contributed by atoms with van der Waals surface area (Å²) in [6, 6.07) is -0.514. The Hall–Kier alpha value is -1.80. The van der Waals surface area contributed by atoms with Crippen LogP contribution in [0.25, 0.3) is 0 Å². The van der Waals surface area contributed by atoms with E-state index in [1.54, 1.807) is 0 Å². The maximum absolute atomic E-state index is 12.5. The van der Waals surface area contributed by atoms with Crippen LogP contribution in [0, 0.1) is 11.8 Å². The van der Waals surface area contributed by atoms with Crippen molar-refractivity contribution in [2.24, 2.45) is 11.8 Å². The van der Waals surface area contributed by atoms with E-state index in [0.717, 1.165) is 51.9 Å². The molecular formula is C22H34N4O4. The van der Waals surface area contributed by atoms with Crippen LogP contribution in [0.1, 0.15) is 52.4 Å². The molecule has 30 heavy (non-hydrogen) atoms. The average molecular weight is 419 g/mol. The quantitative estimate of drug-likeness (QED) is 0.612. The molecule has 4 amide bonds. The Morgan fingerprint density at radius 1 is 0.633 bits per heavy atom. The van der Waals surface area contributed by atoms with Gasteiger partial charge in [0.1, 0.15) is 0 Å². The lowest BCUT2D eigenvalue weighted by Crippen LogP contribution is -2.49. The van der Waals surface area contributed by atoms with Crippen molar-refractivity contribution in [3.05, 3.63) is 0 Å². The number of imide groups is 2. The van der Waals surface area contributed by atoms with Gasteiger partial charge in [-0.3, -0.25) is 38.8 Å². The molecule has 0 spiro atoms. The van der Waals surface area contributed by atoms with Gasteiger partial charge in [0.2, 0.25) is 23.6 Å². The maximum Gasteiger partial charge on any atom is 0.247 e. The van der Waals surface area contributed by atoms with Gasteiger partial charge in [0, 0.05) is 13.1 Å². The number of carbonyl (C=O) groups is 4. The molecule has 8 heteroatoms. The molecule has 2 atom stereocenters. The summed E-state index contributed by atoms with van der Waals surface area (Å²) in [5.41, 5.74) is 0. The summed E-state index contributed by atoms with van der Waals surface area (Å²) in [5, 5.41) is 0. The van der Waals surface area contributed by atoms with Gasteiger partial charge in [0.05, 0.1) is 24.9 Å². The second kappa shape index (κ2) is 8.75. The topological polar surface area (TPSA) is 81.2 Å². The lowest BCUT2D eigenvalue weighted by molar-refractivity contribution is -0.141. The van der Waals surface area contributed by atoms with Gasteiger partial charge in [0.25, 0.3) is 0 Å². The normalized spacial score (nSPS) is 30.9. The molecule has 0 aromatic carbocycles. The van der Waals surface area contributed by atoms with E-state index in [4.69, 9.17) is 0 Å². The zero-order valence-electron chi connectivity index (χ0n) is 18.2. The van der Waals surface area contributed by atoms with Crippen molar-refractivity contribution in [3.63, 3.8) is 0 Å². The minimum Gasteiger partial charge on any atom is -0.292 e. The molecule has 0 radical (unpaired) electrons. The van der Waals surface area contributed by atoms with E-state index in [-0.39, 0.29) is 35.7 Å². The minimum absolute atomic E-state index is 0.0221. The minimum atomic E-state index is -0.257. The monoisotopic (exact) mass is 418 g/mol. The molecule has 4 rings (SSSR count). The largest absolute Gasteiger partial charge is 0.292 e. The van der Waals surface area contributed by atoms with Crippen molar-refractivity contribution >= 4 is 23.6 Å². The number of hydrogen-bond acceptors (Lipinski definition) is 6. The van der Waals surface area contributed by atoms with Crippen LogP contribution >= 0.6 is 0 Å². The highest BCUT2D eigenvalue weighted by molar-refractivity contribution is 6.06. The standard InChI is InChI=1S/C22H34N4O4/c1-3-25-19(27)13-17(21(25)29)23-9-5-15(6-10-23)16-7-11-24(12-8-16)18-14-20(28)26(4-2)22(18)30/h15-18H,3-14H2,1-2H3/t17-,18+. The summed E-state index contributed by atoms with van der Waals surface area (Å²) in [4.78, 5) is 56.2. The second-order valence-corrected chi connectivity index (χ2v) is 9.14. The van der Waals surface area contributed by atoms with Crippen LogP contribution in [0.3, 0.4) is 0 Å². The molecule has 4 aliphatic heterocycles. The van der Waals surface area contributed by atoms with Crippen LogP contribution < -0.4 is 0 Å². The second-order valence-electron chi connectivity index (χ2n) is 9.14. The Bertz CT molecular complexity index is 650. The molecule has 4 heterocycles. The first-order valence-electron chi connectivity index (χ1n) is 11.6. The molecule has 0 N–H and O–H groups in total.